The molecule has 0 aliphatic heterocycles. The van der Waals surface area contributed by atoms with E-state index >= 15 is 0 Å². The second-order valence-electron chi connectivity index (χ2n) is 4.95. The Balaban J connectivity index is 2.46. The summed E-state index contributed by atoms with van der Waals surface area (Å²) in [4.78, 5) is 5.65. The molecule has 20 heavy (non-hydrogen) atoms. The lowest BCUT2D eigenvalue weighted by molar-refractivity contribution is 0.411. The van der Waals surface area contributed by atoms with E-state index in [9.17, 15) is 0 Å². The molecule has 1 atom stereocenters. The number of hydrogen-bond acceptors (Lipinski definition) is 4. The molecule has 0 aliphatic carbocycles. The van der Waals surface area contributed by atoms with E-state index in [0.29, 0.717) is 0 Å². The molecule has 1 aromatic carbocycles. The fraction of sp³-hybridized carbons (Fsp3) is 0.438. The van der Waals surface area contributed by atoms with Crippen LogP contribution in [0.15, 0.2) is 18.3 Å². The maximum Gasteiger partial charge on any atom is 0.122 e. The van der Waals surface area contributed by atoms with Gasteiger partial charge in [0.15, 0.2) is 0 Å². The quantitative estimate of drug-likeness (QED) is 0.910. The number of benzene rings is 1. The second-order valence-corrected chi connectivity index (χ2v) is 6.22. The monoisotopic (exact) mass is 290 g/mol. The highest BCUT2D eigenvalue weighted by Gasteiger charge is 2.19. The first kappa shape index (κ1) is 15.0. The van der Waals surface area contributed by atoms with Crippen molar-refractivity contribution in [1.29, 1.82) is 0 Å². The van der Waals surface area contributed by atoms with Crippen LogP contribution in [0.4, 0.5) is 0 Å². The molecule has 3 nitrogen and oxygen atoms in total. The van der Waals surface area contributed by atoms with Gasteiger partial charge in [-0.25, -0.2) is 4.98 Å². The third kappa shape index (κ3) is 3.02. The fourth-order valence-corrected chi connectivity index (χ4v) is 3.30. The van der Waals surface area contributed by atoms with E-state index < -0.39 is 0 Å². The molecule has 4 heteroatoms. The molecule has 0 aliphatic rings. The van der Waals surface area contributed by atoms with Crippen LogP contribution >= 0.6 is 11.3 Å². The zero-order chi connectivity index (χ0) is 14.7. The Morgan fingerprint density at radius 3 is 2.55 bits per heavy atom. The van der Waals surface area contributed by atoms with Gasteiger partial charge in [0.2, 0.25) is 0 Å². The Kier molecular flexibility index (Phi) is 4.78. The molecule has 0 amide bonds. The minimum absolute atomic E-state index is 0.204. The van der Waals surface area contributed by atoms with E-state index in [1.807, 2.05) is 13.1 Å². The van der Waals surface area contributed by atoms with Crippen LogP contribution in [-0.2, 0) is 0 Å². The number of nitrogens with zero attached hydrogens (tertiary/aromatic N) is 1. The third-order valence-electron chi connectivity index (χ3n) is 3.43. The molecule has 2 rings (SSSR count). The summed E-state index contributed by atoms with van der Waals surface area (Å²) in [5, 5.41) is 4.67. The smallest absolute Gasteiger partial charge is 0.122 e. The van der Waals surface area contributed by atoms with Gasteiger partial charge in [-0.1, -0.05) is 13.0 Å². The van der Waals surface area contributed by atoms with Gasteiger partial charge in [-0.2, -0.15) is 0 Å². The van der Waals surface area contributed by atoms with Gasteiger partial charge >= 0.3 is 0 Å². The van der Waals surface area contributed by atoms with Crippen molar-refractivity contribution in [3.8, 4) is 5.75 Å². The number of aromatic nitrogens is 1. The third-order valence-corrected chi connectivity index (χ3v) is 4.40. The fourth-order valence-electron chi connectivity index (χ4n) is 2.42. The van der Waals surface area contributed by atoms with Crippen molar-refractivity contribution < 1.29 is 4.74 Å². The summed E-state index contributed by atoms with van der Waals surface area (Å²) in [5.74, 6) is 0.946. The summed E-state index contributed by atoms with van der Waals surface area (Å²) in [5.41, 5.74) is 3.70. The first-order valence-corrected chi connectivity index (χ1v) is 7.69. The zero-order valence-electron chi connectivity index (χ0n) is 12.8. The summed E-state index contributed by atoms with van der Waals surface area (Å²) in [6, 6.07) is 4.54. The molecule has 1 unspecified atom stereocenters. The lowest BCUT2D eigenvalue weighted by atomic mass is 9.97. The average molecular weight is 290 g/mol. The van der Waals surface area contributed by atoms with Gasteiger partial charge in [0.05, 0.1) is 18.2 Å². The van der Waals surface area contributed by atoms with Crippen molar-refractivity contribution >= 4 is 11.3 Å². The Labute approximate surface area is 125 Å². The molecule has 1 N–H and O–H groups in total. The molecule has 0 bridgehead atoms. The van der Waals surface area contributed by atoms with E-state index in [0.717, 1.165) is 22.9 Å². The SMILES string of the molecule is CCNC(c1cnc(C)s1)c1cc(C)c(OC)cc1C. The van der Waals surface area contributed by atoms with Gasteiger partial charge in [0, 0.05) is 11.1 Å². The first-order chi connectivity index (χ1) is 9.56. The molecule has 2 aromatic rings. The van der Waals surface area contributed by atoms with Crippen LogP contribution in [0, 0.1) is 20.8 Å². The van der Waals surface area contributed by atoms with Crippen molar-refractivity contribution in [2.75, 3.05) is 13.7 Å². The molecule has 1 aromatic heterocycles. The van der Waals surface area contributed by atoms with E-state index in [2.05, 4.69) is 43.2 Å². The maximum absolute atomic E-state index is 5.40. The number of nitrogens with one attached hydrogen (secondary N) is 1. The maximum atomic E-state index is 5.40. The molecule has 0 radical (unpaired) electrons. The van der Waals surface area contributed by atoms with Gasteiger partial charge in [-0.3, -0.25) is 0 Å². The largest absolute Gasteiger partial charge is 0.496 e. The number of ether oxygens (including phenoxy) is 1. The lowest BCUT2D eigenvalue weighted by Gasteiger charge is -2.20. The van der Waals surface area contributed by atoms with Crippen molar-refractivity contribution in [3.63, 3.8) is 0 Å². The van der Waals surface area contributed by atoms with Crippen molar-refractivity contribution in [2.24, 2.45) is 0 Å². The molecule has 0 fully saturated rings. The van der Waals surface area contributed by atoms with Crippen molar-refractivity contribution in [3.05, 3.63) is 44.9 Å². The van der Waals surface area contributed by atoms with E-state index in [4.69, 9.17) is 4.74 Å². The minimum atomic E-state index is 0.204. The van der Waals surface area contributed by atoms with E-state index in [1.165, 1.54) is 16.0 Å². The number of rotatable bonds is 5. The zero-order valence-corrected chi connectivity index (χ0v) is 13.6. The van der Waals surface area contributed by atoms with Gasteiger partial charge in [0.1, 0.15) is 5.75 Å². The topological polar surface area (TPSA) is 34.2 Å². The molecular weight excluding hydrogens is 268 g/mol. The Bertz CT molecular complexity index is 592. The van der Waals surface area contributed by atoms with Crippen LogP contribution in [0.1, 0.15) is 39.5 Å². The molecular formula is C16H22N2OS. The van der Waals surface area contributed by atoms with Crippen LogP contribution in [0.25, 0.3) is 0 Å². The highest BCUT2D eigenvalue weighted by atomic mass is 32.1. The average Bonchev–Trinajstić information content (AvgIpc) is 2.85. The minimum Gasteiger partial charge on any atom is -0.496 e. The van der Waals surface area contributed by atoms with Gasteiger partial charge < -0.3 is 10.1 Å². The number of thiazole rings is 1. The first-order valence-electron chi connectivity index (χ1n) is 6.87. The molecule has 0 saturated carbocycles. The summed E-state index contributed by atoms with van der Waals surface area (Å²) < 4.78 is 5.40. The Hall–Kier alpha value is -1.39. The summed E-state index contributed by atoms with van der Waals surface area (Å²) in [6.07, 6.45) is 1.98. The predicted octanol–water partition coefficient (Wildman–Crippen LogP) is 3.78. The Morgan fingerprint density at radius 1 is 1.25 bits per heavy atom. The number of aryl methyl sites for hydroxylation is 3. The second kappa shape index (κ2) is 6.37. The normalized spacial score (nSPS) is 12.4. The van der Waals surface area contributed by atoms with Crippen LogP contribution in [0.5, 0.6) is 5.75 Å². The highest BCUT2D eigenvalue weighted by molar-refractivity contribution is 7.11. The van der Waals surface area contributed by atoms with Crippen LogP contribution < -0.4 is 10.1 Å². The van der Waals surface area contributed by atoms with E-state index in [1.54, 1.807) is 18.4 Å². The molecule has 0 spiro atoms. The molecule has 0 saturated heterocycles. The Morgan fingerprint density at radius 2 is 2.00 bits per heavy atom. The summed E-state index contributed by atoms with van der Waals surface area (Å²) >= 11 is 1.75. The van der Waals surface area contributed by atoms with Gasteiger partial charge in [-0.15, -0.1) is 11.3 Å². The number of hydrogen-bond donors (Lipinski definition) is 1. The van der Waals surface area contributed by atoms with Crippen molar-refractivity contribution in [1.82, 2.24) is 10.3 Å². The summed E-state index contributed by atoms with van der Waals surface area (Å²) in [6.45, 7) is 9.32. The predicted molar refractivity (Wildman–Crippen MR) is 84.8 cm³/mol. The highest BCUT2D eigenvalue weighted by Crippen LogP contribution is 2.32. The molecule has 108 valence electrons. The lowest BCUT2D eigenvalue weighted by Crippen LogP contribution is -2.22. The van der Waals surface area contributed by atoms with Crippen molar-refractivity contribution in [2.45, 2.75) is 33.7 Å². The standard InChI is InChI=1S/C16H22N2OS/c1-6-17-16(15-9-18-12(4)20-15)13-7-11(3)14(19-5)8-10(13)2/h7-9,16-17H,6H2,1-5H3. The van der Waals surface area contributed by atoms with Crippen LogP contribution in [0.3, 0.4) is 0 Å². The summed E-state index contributed by atoms with van der Waals surface area (Å²) in [7, 11) is 1.72. The number of methoxy groups -OCH3 is 1. The van der Waals surface area contributed by atoms with Gasteiger partial charge in [-0.05, 0) is 50.1 Å². The van der Waals surface area contributed by atoms with Crippen LogP contribution in [-0.4, -0.2) is 18.6 Å². The van der Waals surface area contributed by atoms with Crippen LogP contribution in [0.2, 0.25) is 0 Å². The molecule has 1 heterocycles. The van der Waals surface area contributed by atoms with E-state index in [-0.39, 0.29) is 6.04 Å². The van der Waals surface area contributed by atoms with Gasteiger partial charge in [0.25, 0.3) is 0 Å².